The molecule has 4 atom stereocenters. The van der Waals surface area contributed by atoms with E-state index in [0.29, 0.717) is 19.4 Å². The summed E-state index contributed by atoms with van der Waals surface area (Å²) in [5.74, 6) is -0.318. The summed E-state index contributed by atoms with van der Waals surface area (Å²) in [4.78, 5) is 60.1. The van der Waals surface area contributed by atoms with Crippen LogP contribution in [0.25, 0.3) is 10.8 Å². The Balaban J connectivity index is 1.47. The van der Waals surface area contributed by atoms with Crippen molar-refractivity contribution in [1.29, 1.82) is 0 Å². The zero-order valence-corrected chi connectivity index (χ0v) is 27.6. The van der Waals surface area contributed by atoms with Gasteiger partial charge in [-0.15, -0.1) is 0 Å². The second-order valence-corrected chi connectivity index (χ2v) is 13.3. The molecule has 244 valence electrons. The first-order chi connectivity index (χ1) is 21.9. The molecule has 0 bridgehead atoms. The van der Waals surface area contributed by atoms with Crippen molar-refractivity contribution in [3.8, 4) is 5.75 Å². The van der Waals surface area contributed by atoms with Crippen molar-refractivity contribution in [2.24, 2.45) is 5.41 Å². The Hall–Kier alpha value is -4.44. The number of methoxy groups -OCH3 is 1. The standard InChI is InChI=1S/C36H45N5O5/c1-23(37-5)33(43)38-32(36(2,3)4)35(45)40-22-31(42)41-28(20-24-15-16-25-11-7-8-13-27(25)19-24)34(44)39(21-30(40)41)18-17-26-12-9-10-14-29(26)46-6/h7-16,19,23,28,30,32,37H,17-18,20-22H2,1-6H3,(H,38,43)/t23-,28-,30+,32+/m0/s1. The van der Waals surface area contributed by atoms with Gasteiger partial charge in [0.25, 0.3) is 0 Å². The molecular formula is C36H45N5O5. The third-order valence-electron chi connectivity index (χ3n) is 9.19. The molecule has 3 aromatic carbocycles. The SMILES string of the molecule is CN[C@@H](C)C(=O)N[C@H](C(=O)N1CC(=O)N2[C@@H]1CN(CCc1ccccc1OC)C(=O)[C@@H]2Cc1ccc2ccccc2c1)C(C)(C)C. The minimum Gasteiger partial charge on any atom is -0.496 e. The molecular weight excluding hydrogens is 582 g/mol. The fourth-order valence-corrected chi connectivity index (χ4v) is 6.41. The average molecular weight is 628 g/mol. The third-order valence-corrected chi connectivity index (χ3v) is 9.19. The maximum absolute atomic E-state index is 14.3. The molecule has 0 unspecified atom stereocenters. The second kappa shape index (κ2) is 13.5. The lowest BCUT2D eigenvalue weighted by Gasteiger charge is -2.45. The van der Waals surface area contributed by atoms with Crippen LogP contribution < -0.4 is 15.4 Å². The predicted octanol–water partition coefficient (Wildman–Crippen LogP) is 2.98. The number of likely N-dealkylation sites (N-methyl/N-ethyl adjacent to an activating group) is 1. The molecule has 5 rings (SSSR count). The van der Waals surface area contributed by atoms with Crippen LogP contribution in [-0.4, -0.2) is 96.4 Å². The zero-order chi connectivity index (χ0) is 33.2. The van der Waals surface area contributed by atoms with E-state index < -0.39 is 29.7 Å². The van der Waals surface area contributed by atoms with Gasteiger partial charge in [-0.25, -0.2) is 0 Å². The van der Waals surface area contributed by atoms with E-state index in [1.165, 1.54) is 0 Å². The van der Waals surface area contributed by atoms with Crippen LogP contribution in [0.2, 0.25) is 0 Å². The number of hydrogen-bond acceptors (Lipinski definition) is 6. The van der Waals surface area contributed by atoms with Crippen molar-refractivity contribution < 1.29 is 23.9 Å². The number of nitrogens with one attached hydrogen (secondary N) is 2. The van der Waals surface area contributed by atoms with Gasteiger partial charge in [-0.05, 0) is 53.8 Å². The summed E-state index contributed by atoms with van der Waals surface area (Å²) in [6, 6.07) is 19.7. The van der Waals surface area contributed by atoms with E-state index in [1.54, 1.807) is 35.8 Å². The molecule has 2 N–H and O–H groups in total. The maximum Gasteiger partial charge on any atom is 0.247 e. The number of nitrogens with zero attached hydrogens (tertiary/aromatic N) is 3. The molecule has 10 nitrogen and oxygen atoms in total. The van der Waals surface area contributed by atoms with E-state index in [4.69, 9.17) is 4.74 Å². The summed E-state index contributed by atoms with van der Waals surface area (Å²) in [6.45, 7) is 7.82. The molecule has 0 radical (unpaired) electrons. The van der Waals surface area contributed by atoms with Gasteiger partial charge in [-0.3, -0.25) is 19.2 Å². The van der Waals surface area contributed by atoms with E-state index in [0.717, 1.165) is 27.6 Å². The van der Waals surface area contributed by atoms with Crippen molar-refractivity contribution in [2.75, 3.05) is 33.8 Å². The topological polar surface area (TPSA) is 111 Å². The number of amides is 4. The lowest BCUT2D eigenvalue weighted by Crippen LogP contribution is -2.66. The van der Waals surface area contributed by atoms with E-state index in [9.17, 15) is 19.2 Å². The van der Waals surface area contributed by atoms with Crippen molar-refractivity contribution in [1.82, 2.24) is 25.3 Å². The lowest BCUT2D eigenvalue weighted by atomic mass is 9.85. The first kappa shape index (κ1) is 32.9. The first-order valence-electron chi connectivity index (χ1n) is 15.9. The quantitative estimate of drug-likeness (QED) is 0.358. The molecule has 2 saturated heterocycles. The molecule has 0 saturated carbocycles. The average Bonchev–Trinajstić information content (AvgIpc) is 3.38. The Labute approximate surface area is 271 Å². The number of rotatable bonds is 10. The van der Waals surface area contributed by atoms with Gasteiger partial charge in [0.15, 0.2) is 0 Å². The Bertz CT molecular complexity index is 1620. The molecule has 4 amide bonds. The zero-order valence-electron chi connectivity index (χ0n) is 27.6. The fraction of sp³-hybridized carbons (Fsp3) is 0.444. The van der Waals surface area contributed by atoms with Crippen molar-refractivity contribution in [2.45, 2.75) is 64.8 Å². The van der Waals surface area contributed by atoms with Crippen molar-refractivity contribution in [3.63, 3.8) is 0 Å². The number of piperazine rings is 1. The Morgan fingerprint density at radius 3 is 2.39 bits per heavy atom. The summed E-state index contributed by atoms with van der Waals surface area (Å²) >= 11 is 0. The number of hydrogen-bond donors (Lipinski definition) is 2. The maximum atomic E-state index is 14.3. The van der Waals surface area contributed by atoms with Gasteiger partial charge in [-0.2, -0.15) is 0 Å². The molecule has 3 aromatic rings. The van der Waals surface area contributed by atoms with Crippen molar-refractivity contribution >= 4 is 34.4 Å². The van der Waals surface area contributed by atoms with Gasteiger partial charge in [0.05, 0.1) is 19.7 Å². The molecule has 0 aliphatic carbocycles. The second-order valence-electron chi connectivity index (χ2n) is 13.3. The summed E-state index contributed by atoms with van der Waals surface area (Å²) in [6.07, 6.45) is 0.206. The molecule has 0 aromatic heterocycles. The molecule has 0 spiro atoms. The summed E-state index contributed by atoms with van der Waals surface area (Å²) in [5, 5.41) is 7.99. The van der Waals surface area contributed by atoms with Crippen molar-refractivity contribution in [3.05, 3.63) is 77.9 Å². The molecule has 2 aliphatic heterocycles. The van der Waals surface area contributed by atoms with Crippen LogP contribution in [0.15, 0.2) is 66.7 Å². The van der Waals surface area contributed by atoms with Gasteiger partial charge in [0.2, 0.25) is 23.6 Å². The number of para-hydroxylation sites is 1. The van der Waals surface area contributed by atoms with Crippen LogP contribution >= 0.6 is 0 Å². The van der Waals surface area contributed by atoms with Gasteiger partial charge in [0, 0.05) is 13.0 Å². The molecule has 2 fully saturated rings. The Morgan fingerprint density at radius 2 is 1.70 bits per heavy atom. The van der Waals surface area contributed by atoms with Crippen LogP contribution in [0, 0.1) is 5.41 Å². The monoisotopic (exact) mass is 627 g/mol. The fourth-order valence-electron chi connectivity index (χ4n) is 6.41. The van der Waals surface area contributed by atoms with Crippen LogP contribution in [0.3, 0.4) is 0 Å². The highest BCUT2D eigenvalue weighted by Gasteiger charge is 2.53. The van der Waals surface area contributed by atoms with E-state index in [1.807, 2.05) is 81.4 Å². The minimum atomic E-state index is -0.873. The van der Waals surface area contributed by atoms with Gasteiger partial charge in [-0.1, -0.05) is 81.4 Å². The molecule has 46 heavy (non-hydrogen) atoms. The van der Waals surface area contributed by atoms with E-state index >= 15 is 0 Å². The highest BCUT2D eigenvalue weighted by molar-refractivity contribution is 5.97. The van der Waals surface area contributed by atoms with E-state index in [-0.39, 0.29) is 36.7 Å². The Morgan fingerprint density at radius 1 is 1.00 bits per heavy atom. The van der Waals surface area contributed by atoms with Crippen LogP contribution in [0.5, 0.6) is 5.75 Å². The van der Waals surface area contributed by atoms with Gasteiger partial charge >= 0.3 is 0 Å². The highest BCUT2D eigenvalue weighted by Crippen LogP contribution is 2.32. The highest BCUT2D eigenvalue weighted by atomic mass is 16.5. The first-order valence-corrected chi connectivity index (χ1v) is 15.9. The third kappa shape index (κ3) is 6.72. The minimum absolute atomic E-state index is 0.148. The largest absolute Gasteiger partial charge is 0.496 e. The van der Waals surface area contributed by atoms with Gasteiger partial charge < -0.3 is 30.1 Å². The lowest BCUT2D eigenvalue weighted by molar-refractivity contribution is -0.156. The normalized spacial score (nSPS) is 19.7. The molecule has 2 aliphatic rings. The summed E-state index contributed by atoms with van der Waals surface area (Å²) in [5.41, 5.74) is 1.27. The summed E-state index contributed by atoms with van der Waals surface area (Å²) < 4.78 is 5.55. The number of benzene rings is 3. The molecule has 2 heterocycles. The smallest absolute Gasteiger partial charge is 0.247 e. The number of carbonyl (C=O) groups is 4. The molecule has 10 heteroatoms. The van der Waals surface area contributed by atoms with Crippen LogP contribution in [-0.2, 0) is 32.0 Å². The summed E-state index contributed by atoms with van der Waals surface area (Å²) in [7, 11) is 3.31. The van der Waals surface area contributed by atoms with E-state index in [2.05, 4.69) is 16.7 Å². The number of ether oxygens (including phenoxy) is 1. The van der Waals surface area contributed by atoms with Crippen LogP contribution in [0.4, 0.5) is 0 Å². The Kier molecular flexibility index (Phi) is 9.67. The van der Waals surface area contributed by atoms with Gasteiger partial charge in [0.1, 0.15) is 30.5 Å². The number of carbonyl (C=O) groups excluding carboxylic acids is 4. The number of fused-ring (bicyclic) bond motifs is 2. The predicted molar refractivity (Wildman–Crippen MR) is 177 cm³/mol. The van der Waals surface area contributed by atoms with Crippen LogP contribution in [0.1, 0.15) is 38.8 Å².